The molecule has 4 aromatic rings. The Morgan fingerprint density at radius 1 is 1.10 bits per heavy atom. The van der Waals surface area contributed by atoms with Gasteiger partial charge in [0.1, 0.15) is 5.82 Å². The quantitative estimate of drug-likeness (QED) is 0.398. The summed E-state index contributed by atoms with van der Waals surface area (Å²) in [6, 6.07) is 11.1. The van der Waals surface area contributed by atoms with Crippen LogP contribution in [0.15, 0.2) is 47.2 Å². The minimum Gasteiger partial charge on any atom is -0.346 e. The molecule has 3 aromatic heterocycles. The number of hydrogen-bond acceptors (Lipinski definition) is 6. The van der Waals surface area contributed by atoms with E-state index in [0.29, 0.717) is 15.7 Å². The van der Waals surface area contributed by atoms with E-state index >= 15 is 0 Å². The number of nitrogens with zero attached hydrogens (tertiary/aromatic N) is 2. The van der Waals surface area contributed by atoms with E-state index in [4.69, 9.17) is 0 Å². The first kappa shape index (κ1) is 20.2. The standard InChI is InChI=1S/C21H21N5O2S2/c1-12(2)18(19-23-14-6-3-4-7-15(14)24-19)25-17(27)10-13-11-30-21(22-13)26-20(28)16-8-5-9-29-16/h3-9,11-12,18H,10H2,1-2H3,(H,23,24)(H,25,27)(H,22,26,28). The molecule has 3 N–H and O–H groups in total. The van der Waals surface area contributed by atoms with Crippen LogP contribution in [0.25, 0.3) is 11.0 Å². The Kier molecular flexibility index (Phi) is 5.91. The van der Waals surface area contributed by atoms with Crippen LogP contribution in [0.5, 0.6) is 0 Å². The monoisotopic (exact) mass is 439 g/mol. The van der Waals surface area contributed by atoms with Gasteiger partial charge in [-0.25, -0.2) is 9.97 Å². The number of aromatic nitrogens is 3. The number of fused-ring (bicyclic) bond motifs is 1. The maximum Gasteiger partial charge on any atom is 0.267 e. The van der Waals surface area contributed by atoms with Crippen LogP contribution in [-0.4, -0.2) is 26.8 Å². The summed E-state index contributed by atoms with van der Waals surface area (Å²) in [7, 11) is 0. The number of amides is 2. The third kappa shape index (κ3) is 4.58. The number of aromatic amines is 1. The zero-order valence-corrected chi connectivity index (χ0v) is 18.1. The van der Waals surface area contributed by atoms with Gasteiger partial charge >= 0.3 is 0 Å². The van der Waals surface area contributed by atoms with Crippen molar-refractivity contribution >= 4 is 50.7 Å². The van der Waals surface area contributed by atoms with Crippen molar-refractivity contribution < 1.29 is 9.59 Å². The highest BCUT2D eigenvalue weighted by atomic mass is 32.1. The number of nitrogens with one attached hydrogen (secondary N) is 3. The van der Waals surface area contributed by atoms with E-state index in [2.05, 4.69) is 25.6 Å². The molecule has 30 heavy (non-hydrogen) atoms. The van der Waals surface area contributed by atoms with Gasteiger partial charge in [-0.1, -0.05) is 32.0 Å². The summed E-state index contributed by atoms with van der Waals surface area (Å²) in [6.45, 7) is 4.08. The topological polar surface area (TPSA) is 99.8 Å². The lowest BCUT2D eigenvalue weighted by Gasteiger charge is -2.20. The van der Waals surface area contributed by atoms with Gasteiger partial charge in [-0.05, 0) is 29.5 Å². The van der Waals surface area contributed by atoms with E-state index in [1.165, 1.54) is 22.7 Å². The summed E-state index contributed by atoms with van der Waals surface area (Å²) in [5.74, 6) is 0.558. The molecule has 4 rings (SSSR count). The highest BCUT2D eigenvalue weighted by Crippen LogP contribution is 2.23. The van der Waals surface area contributed by atoms with Gasteiger partial charge in [-0.2, -0.15) is 0 Å². The number of thiazole rings is 1. The molecule has 1 unspecified atom stereocenters. The lowest BCUT2D eigenvalue weighted by molar-refractivity contribution is -0.121. The molecular weight excluding hydrogens is 418 g/mol. The van der Waals surface area contributed by atoms with Crippen LogP contribution in [0.2, 0.25) is 0 Å². The largest absolute Gasteiger partial charge is 0.346 e. The van der Waals surface area contributed by atoms with E-state index in [9.17, 15) is 9.59 Å². The number of carbonyl (C=O) groups is 2. The Morgan fingerprint density at radius 3 is 2.67 bits per heavy atom. The number of hydrogen-bond donors (Lipinski definition) is 3. The summed E-state index contributed by atoms with van der Waals surface area (Å²) in [5.41, 5.74) is 2.43. The molecule has 1 aromatic carbocycles. The molecule has 1 atom stereocenters. The molecule has 3 heterocycles. The number of rotatable bonds is 7. The molecule has 154 valence electrons. The zero-order chi connectivity index (χ0) is 21.1. The van der Waals surface area contributed by atoms with E-state index in [1.807, 2.05) is 49.6 Å². The molecule has 0 aliphatic carbocycles. The average Bonchev–Trinajstić information content (AvgIpc) is 3.46. The Morgan fingerprint density at radius 2 is 1.93 bits per heavy atom. The fourth-order valence-corrected chi connectivity index (χ4v) is 4.40. The first-order chi connectivity index (χ1) is 14.5. The Bertz CT molecular complexity index is 1130. The summed E-state index contributed by atoms with van der Waals surface area (Å²) in [6.07, 6.45) is 0.134. The van der Waals surface area contributed by atoms with Gasteiger partial charge in [0.15, 0.2) is 5.13 Å². The molecule has 0 bridgehead atoms. The summed E-state index contributed by atoms with van der Waals surface area (Å²) >= 11 is 2.67. The van der Waals surface area contributed by atoms with Crippen LogP contribution in [0.4, 0.5) is 5.13 Å². The van der Waals surface area contributed by atoms with Crippen molar-refractivity contribution in [2.45, 2.75) is 26.3 Å². The smallest absolute Gasteiger partial charge is 0.267 e. The Labute approximate surface area is 181 Å². The van der Waals surface area contributed by atoms with Crippen molar-refractivity contribution in [2.24, 2.45) is 5.92 Å². The molecule has 0 radical (unpaired) electrons. The molecule has 0 spiro atoms. The van der Waals surface area contributed by atoms with Crippen molar-refractivity contribution in [3.8, 4) is 0 Å². The van der Waals surface area contributed by atoms with Crippen molar-refractivity contribution in [1.29, 1.82) is 0 Å². The highest BCUT2D eigenvalue weighted by Gasteiger charge is 2.22. The SMILES string of the molecule is CC(C)C(NC(=O)Cc1csc(NC(=O)c2cccs2)n1)c1nc2ccccc2[nH]1. The van der Waals surface area contributed by atoms with E-state index in [0.717, 1.165) is 16.9 Å². The van der Waals surface area contributed by atoms with Crippen LogP contribution in [0, 0.1) is 5.92 Å². The van der Waals surface area contributed by atoms with Crippen LogP contribution < -0.4 is 10.6 Å². The number of thiophene rings is 1. The second-order valence-electron chi connectivity index (χ2n) is 7.18. The predicted octanol–water partition coefficient (Wildman–Crippen LogP) is 4.39. The normalized spacial score (nSPS) is 12.2. The van der Waals surface area contributed by atoms with E-state index in [-0.39, 0.29) is 30.2 Å². The highest BCUT2D eigenvalue weighted by molar-refractivity contribution is 7.14. The Balaban J connectivity index is 1.40. The van der Waals surface area contributed by atoms with Crippen LogP contribution >= 0.6 is 22.7 Å². The van der Waals surface area contributed by atoms with Gasteiger partial charge in [0, 0.05) is 5.38 Å². The average molecular weight is 440 g/mol. The molecule has 0 aliphatic rings. The van der Waals surface area contributed by atoms with Gasteiger partial charge in [0.2, 0.25) is 5.91 Å². The van der Waals surface area contributed by atoms with E-state index in [1.54, 1.807) is 11.4 Å². The van der Waals surface area contributed by atoms with Crippen LogP contribution in [0.3, 0.4) is 0 Å². The molecule has 9 heteroatoms. The van der Waals surface area contributed by atoms with Gasteiger partial charge in [-0.3, -0.25) is 14.9 Å². The minimum absolute atomic E-state index is 0.134. The number of para-hydroxylation sites is 2. The fraction of sp³-hybridized carbons (Fsp3) is 0.238. The van der Waals surface area contributed by atoms with Crippen molar-refractivity contribution in [1.82, 2.24) is 20.3 Å². The van der Waals surface area contributed by atoms with Crippen LogP contribution in [0.1, 0.15) is 41.1 Å². The first-order valence-corrected chi connectivity index (χ1v) is 11.3. The number of imidazole rings is 1. The zero-order valence-electron chi connectivity index (χ0n) is 16.5. The Hall–Kier alpha value is -3.04. The minimum atomic E-state index is -0.235. The summed E-state index contributed by atoms with van der Waals surface area (Å²) < 4.78 is 0. The maximum atomic E-state index is 12.7. The van der Waals surface area contributed by atoms with Gasteiger partial charge in [-0.15, -0.1) is 22.7 Å². The molecule has 7 nitrogen and oxygen atoms in total. The fourth-order valence-electron chi connectivity index (χ4n) is 3.07. The van der Waals surface area contributed by atoms with E-state index < -0.39 is 0 Å². The molecule has 2 amide bonds. The van der Waals surface area contributed by atoms with Gasteiger partial charge in [0.25, 0.3) is 5.91 Å². The molecule has 0 saturated heterocycles. The summed E-state index contributed by atoms with van der Waals surface area (Å²) in [4.78, 5) is 37.7. The number of benzene rings is 1. The molecule has 0 saturated carbocycles. The predicted molar refractivity (Wildman–Crippen MR) is 120 cm³/mol. The third-order valence-corrected chi connectivity index (χ3v) is 6.22. The third-order valence-electron chi connectivity index (χ3n) is 4.54. The van der Waals surface area contributed by atoms with Crippen LogP contribution in [-0.2, 0) is 11.2 Å². The maximum absolute atomic E-state index is 12.7. The summed E-state index contributed by atoms with van der Waals surface area (Å²) in [5, 5.41) is 9.95. The first-order valence-electron chi connectivity index (χ1n) is 9.53. The van der Waals surface area contributed by atoms with Crippen molar-refractivity contribution in [2.75, 3.05) is 5.32 Å². The number of H-pyrrole nitrogens is 1. The van der Waals surface area contributed by atoms with Gasteiger partial charge < -0.3 is 10.3 Å². The molecule has 0 aliphatic heterocycles. The van der Waals surface area contributed by atoms with Gasteiger partial charge in [0.05, 0.1) is 34.1 Å². The number of carbonyl (C=O) groups excluding carboxylic acids is 2. The van der Waals surface area contributed by atoms with Crippen molar-refractivity contribution in [3.63, 3.8) is 0 Å². The number of anilines is 1. The van der Waals surface area contributed by atoms with Crippen molar-refractivity contribution in [3.05, 3.63) is 63.6 Å². The molecule has 0 fully saturated rings. The second-order valence-corrected chi connectivity index (χ2v) is 8.99. The lowest BCUT2D eigenvalue weighted by atomic mass is 10.0. The lowest BCUT2D eigenvalue weighted by Crippen LogP contribution is -2.33. The molecular formula is C21H21N5O2S2. The second kappa shape index (κ2) is 8.76.